The summed E-state index contributed by atoms with van der Waals surface area (Å²) in [5, 5.41) is 0. The van der Waals surface area contributed by atoms with Crippen LogP contribution in [0.5, 0.6) is 17.5 Å². The number of nitrogens with zero attached hydrogens (tertiary/aromatic N) is 2. The van der Waals surface area contributed by atoms with Gasteiger partial charge in [-0.15, -0.1) is 0 Å². The summed E-state index contributed by atoms with van der Waals surface area (Å²) in [5.74, 6) is -3.89. The Labute approximate surface area is 163 Å². The standard InChI is InChI=1S/C18H10F8N2O2/c19-13-3-1-9(5-11(13)17(21,22)23)29-15-7-16(28-8-27-15)30-10-2-4-14(20)12(6-10)18(24,25)26/h1,3-8,10H,2H2. The molecule has 1 heterocycles. The average molecular weight is 438 g/mol. The van der Waals surface area contributed by atoms with Gasteiger partial charge in [-0.25, -0.2) is 18.7 Å². The largest absolute Gasteiger partial charge is 0.470 e. The third kappa shape index (κ3) is 5.05. The van der Waals surface area contributed by atoms with Gasteiger partial charge in [0.05, 0.1) is 17.2 Å². The smallest absolute Gasteiger partial charge is 0.419 e. The van der Waals surface area contributed by atoms with Crippen LogP contribution in [0.1, 0.15) is 12.0 Å². The van der Waals surface area contributed by atoms with E-state index in [9.17, 15) is 35.1 Å². The highest BCUT2D eigenvalue weighted by Gasteiger charge is 2.39. The molecule has 3 rings (SSSR count). The third-order valence-electron chi connectivity index (χ3n) is 3.80. The number of benzene rings is 1. The molecule has 0 saturated heterocycles. The molecule has 2 aromatic rings. The van der Waals surface area contributed by atoms with Crippen LogP contribution in [-0.4, -0.2) is 22.2 Å². The van der Waals surface area contributed by atoms with Crippen LogP contribution < -0.4 is 9.47 Å². The van der Waals surface area contributed by atoms with Crippen molar-refractivity contribution < 1.29 is 44.6 Å². The summed E-state index contributed by atoms with van der Waals surface area (Å²) in [7, 11) is 0. The average Bonchev–Trinajstić information content (AvgIpc) is 2.63. The maximum Gasteiger partial charge on any atom is 0.419 e. The van der Waals surface area contributed by atoms with Crippen molar-refractivity contribution in [2.75, 3.05) is 0 Å². The molecule has 0 radical (unpaired) electrons. The van der Waals surface area contributed by atoms with Crippen LogP contribution in [0.25, 0.3) is 0 Å². The van der Waals surface area contributed by atoms with Gasteiger partial charge >= 0.3 is 12.4 Å². The van der Waals surface area contributed by atoms with Gasteiger partial charge in [0.1, 0.15) is 29.8 Å². The molecule has 1 aliphatic carbocycles. The molecule has 0 aliphatic heterocycles. The number of halogens is 8. The predicted octanol–water partition coefficient (Wildman–Crippen LogP) is 5.92. The van der Waals surface area contributed by atoms with Crippen LogP contribution in [0.4, 0.5) is 35.1 Å². The van der Waals surface area contributed by atoms with Crippen LogP contribution in [0.3, 0.4) is 0 Å². The summed E-state index contributed by atoms with van der Waals surface area (Å²) < 4.78 is 114. The Bertz CT molecular complexity index is 998. The molecular formula is C18H10F8N2O2. The molecule has 1 unspecified atom stereocenters. The van der Waals surface area contributed by atoms with Crippen molar-refractivity contribution in [3.63, 3.8) is 0 Å². The monoisotopic (exact) mass is 438 g/mol. The number of hydrogen-bond acceptors (Lipinski definition) is 4. The molecular weight excluding hydrogens is 428 g/mol. The molecule has 30 heavy (non-hydrogen) atoms. The summed E-state index contributed by atoms with van der Waals surface area (Å²) in [6.45, 7) is 0. The van der Waals surface area contributed by atoms with E-state index < -0.39 is 47.0 Å². The molecule has 0 spiro atoms. The highest BCUT2D eigenvalue weighted by molar-refractivity contribution is 5.36. The van der Waals surface area contributed by atoms with Gasteiger partial charge in [-0.1, -0.05) is 0 Å². The van der Waals surface area contributed by atoms with Crippen LogP contribution in [0.15, 0.2) is 54.1 Å². The number of alkyl halides is 6. The van der Waals surface area contributed by atoms with Gasteiger partial charge in [-0.3, -0.25) is 0 Å². The Morgan fingerprint density at radius 2 is 1.60 bits per heavy atom. The lowest BCUT2D eigenvalue weighted by atomic mass is 10.0. The first kappa shape index (κ1) is 21.5. The van der Waals surface area contributed by atoms with E-state index in [0.717, 1.165) is 18.5 Å². The fourth-order valence-electron chi connectivity index (χ4n) is 2.48. The van der Waals surface area contributed by atoms with E-state index in [1.807, 2.05) is 0 Å². The van der Waals surface area contributed by atoms with Crippen molar-refractivity contribution in [2.24, 2.45) is 0 Å². The molecule has 0 amide bonds. The summed E-state index contributed by atoms with van der Waals surface area (Å²) in [5.41, 5.74) is -3.04. The van der Waals surface area contributed by atoms with Crippen LogP contribution >= 0.6 is 0 Å². The van der Waals surface area contributed by atoms with Gasteiger partial charge in [0, 0.05) is 6.42 Å². The van der Waals surface area contributed by atoms with E-state index in [2.05, 4.69) is 9.97 Å². The molecule has 160 valence electrons. The topological polar surface area (TPSA) is 44.2 Å². The third-order valence-corrected chi connectivity index (χ3v) is 3.80. The minimum atomic E-state index is -4.95. The lowest BCUT2D eigenvalue weighted by molar-refractivity contribution is -0.140. The second-order valence-corrected chi connectivity index (χ2v) is 5.96. The second kappa shape index (κ2) is 7.92. The molecule has 1 aromatic carbocycles. The molecule has 0 bridgehead atoms. The Kier molecular flexibility index (Phi) is 5.68. The van der Waals surface area contributed by atoms with Crippen molar-refractivity contribution in [1.82, 2.24) is 9.97 Å². The normalized spacial score (nSPS) is 17.3. The van der Waals surface area contributed by atoms with E-state index in [1.54, 1.807) is 0 Å². The predicted molar refractivity (Wildman–Crippen MR) is 85.9 cm³/mol. The first-order valence-electron chi connectivity index (χ1n) is 8.12. The first-order valence-corrected chi connectivity index (χ1v) is 8.12. The summed E-state index contributed by atoms with van der Waals surface area (Å²) >= 11 is 0. The van der Waals surface area contributed by atoms with E-state index in [-0.39, 0.29) is 18.2 Å². The van der Waals surface area contributed by atoms with Gasteiger partial charge in [0.2, 0.25) is 11.8 Å². The fourth-order valence-corrected chi connectivity index (χ4v) is 2.48. The number of ether oxygens (including phenoxy) is 2. The van der Waals surface area contributed by atoms with Crippen molar-refractivity contribution in [3.8, 4) is 17.5 Å². The van der Waals surface area contributed by atoms with Gasteiger partial charge in [0.25, 0.3) is 0 Å². The van der Waals surface area contributed by atoms with E-state index in [4.69, 9.17) is 9.47 Å². The van der Waals surface area contributed by atoms with Crippen molar-refractivity contribution in [3.05, 3.63) is 65.5 Å². The quantitative estimate of drug-likeness (QED) is 0.556. The minimum Gasteiger partial charge on any atom is -0.470 e. The van der Waals surface area contributed by atoms with E-state index >= 15 is 0 Å². The fraction of sp³-hybridized carbons (Fsp3) is 0.222. The molecule has 4 nitrogen and oxygen atoms in total. The van der Waals surface area contributed by atoms with Crippen molar-refractivity contribution in [1.29, 1.82) is 0 Å². The Morgan fingerprint density at radius 1 is 0.900 bits per heavy atom. The summed E-state index contributed by atoms with van der Waals surface area (Å²) in [6, 6.07) is 2.92. The molecule has 12 heteroatoms. The zero-order valence-corrected chi connectivity index (χ0v) is 14.6. The summed E-state index contributed by atoms with van der Waals surface area (Å²) in [6.07, 6.45) is -9.12. The Hall–Kier alpha value is -3.18. The molecule has 1 aliphatic rings. The number of allylic oxidation sites excluding steroid dienone is 2. The Morgan fingerprint density at radius 3 is 2.27 bits per heavy atom. The first-order chi connectivity index (χ1) is 13.9. The molecule has 1 aromatic heterocycles. The molecule has 1 atom stereocenters. The van der Waals surface area contributed by atoms with Crippen LogP contribution in [0, 0.1) is 5.82 Å². The van der Waals surface area contributed by atoms with E-state index in [0.29, 0.717) is 24.3 Å². The molecule has 0 saturated carbocycles. The summed E-state index contributed by atoms with van der Waals surface area (Å²) in [4.78, 5) is 7.33. The van der Waals surface area contributed by atoms with Gasteiger partial charge in [0.15, 0.2) is 0 Å². The number of hydrogen-bond donors (Lipinski definition) is 0. The second-order valence-electron chi connectivity index (χ2n) is 5.96. The van der Waals surface area contributed by atoms with Crippen molar-refractivity contribution >= 4 is 0 Å². The molecule has 0 N–H and O–H groups in total. The minimum absolute atomic E-state index is 0.210. The lowest BCUT2D eigenvalue weighted by Crippen LogP contribution is -2.23. The highest BCUT2D eigenvalue weighted by Crippen LogP contribution is 2.37. The number of aromatic nitrogens is 2. The zero-order chi connectivity index (χ0) is 22.1. The maximum absolute atomic E-state index is 13.4. The zero-order valence-electron chi connectivity index (χ0n) is 14.6. The van der Waals surface area contributed by atoms with Crippen LogP contribution in [0.2, 0.25) is 0 Å². The van der Waals surface area contributed by atoms with E-state index in [1.165, 1.54) is 0 Å². The number of rotatable bonds is 4. The maximum atomic E-state index is 13.4. The SMILES string of the molecule is FC1=CCC(Oc2cc(Oc3ccc(F)c(C(F)(F)F)c3)ncn2)C=C1C(F)(F)F. The van der Waals surface area contributed by atoms with Gasteiger partial charge in [-0.2, -0.15) is 26.3 Å². The van der Waals surface area contributed by atoms with Crippen molar-refractivity contribution in [2.45, 2.75) is 24.9 Å². The Balaban J connectivity index is 1.77. The van der Waals surface area contributed by atoms with Gasteiger partial charge in [-0.05, 0) is 30.4 Å². The highest BCUT2D eigenvalue weighted by atomic mass is 19.4. The van der Waals surface area contributed by atoms with Crippen LogP contribution in [-0.2, 0) is 6.18 Å². The van der Waals surface area contributed by atoms with Gasteiger partial charge < -0.3 is 9.47 Å². The lowest BCUT2D eigenvalue weighted by Gasteiger charge is -2.20. The molecule has 0 fully saturated rings.